The molecule has 1 atom stereocenters. The lowest BCUT2D eigenvalue weighted by Gasteiger charge is -2.12. The molecule has 3 nitrogen and oxygen atoms in total. The number of rotatable bonds is 2. The first kappa shape index (κ1) is 10.6. The number of carbonyl (C=O) groups excluding carboxylic acids is 1. The third-order valence-electron chi connectivity index (χ3n) is 1.67. The maximum atomic E-state index is 13.1. The Hall–Kier alpha value is -1.52. The second kappa shape index (κ2) is 4.13. The molecule has 1 aromatic rings. The van der Waals surface area contributed by atoms with Gasteiger partial charge in [-0.3, -0.25) is 9.78 Å². The van der Waals surface area contributed by atoms with E-state index in [-0.39, 0.29) is 11.6 Å². The van der Waals surface area contributed by atoms with E-state index in [0.717, 1.165) is 12.3 Å². The van der Waals surface area contributed by atoms with Crippen LogP contribution in [0, 0.1) is 11.6 Å². The zero-order valence-corrected chi connectivity index (χ0v) is 7.84. The lowest BCUT2D eigenvalue weighted by molar-refractivity contribution is -0.119. The number of hydrogen-bond acceptors (Lipinski definition) is 2. The van der Waals surface area contributed by atoms with E-state index in [4.69, 9.17) is 0 Å². The van der Waals surface area contributed by atoms with E-state index in [1.807, 2.05) is 0 Å². The zero-order valence-electron chi connectivity index (χ0n) is 7.84. The predicted molar refractivity (Wildman–Crippen MR) is 46.4 cm³/mol. The minimum atomic E-state index is -0.758. The van der Waals surface area contributed by atoms with Gasteiger partial charge in [-0.2, -0.15) is 0 Å². The molecule has 0 unspecified atom stereocenters. The molecule has 1 heterocycles. The van der Waals surface area contributed by atoms with Crippen LogP contribution in [-0.2, 0) is 4.79 Å². The van der Waals surface area contributed by atoms with Crippen molar-refractivity contribution >= 4 is 5.91 Å². The highest BCUT2D eigenvalue weighted by molar-refractivity contribution is 5.73. The van der Waals surface area contributed by atoms with Crippen LogP contribution < -0.4 is 5.32 Å². The summed E-state index contributed by atoms with van der Waals surface area (Å²) in [5.41, 5.74) is 0.0293. The summed E-state index contributed by atoms with van der Waals surface area (Å²) in [4.78, 5) is 14.2. The summed E-state index contributed by atoms with van der Waals surface area (Å²) in [5.74, 6) is -1.78. The Kier molecular flexibility index (Phi) is 3.11. The van der Waals surface area contributed by atoms with Crippen LogP contribution in [0.4, 0.5) is 8.78 Å². The van der Waals surface area contributed by atoms with Crippen LogP contribution in [0.25, 0.3) is 0 Å². The molecule has 0 bridgehead atoms. The van der Waals surface area contributed by atoms with Crippen molar-refractivity contribution in [3.05, 3.63) is 29.6 Å². The highest BCUT2D eigenvalue weighted by atomic mass is 19.1. The van der Waals surface area contributed by atoms with Crippen molar-refractivity contribution in [1.29, 1.82) is 0 Å². The highest BCUT2D eigenvalue weighted by Crippen LogP contribution is 2.14. The van der Waals surface area contributed by atoms with Gasteiger partial charge in [0.2, 0.25) is 5.91 Å². The molecule has 0 saturated heterocycles. The number of aromatic nitrogens is 1. The molecule has 0 aromatic carbocycles. The van der Waals surface area contributed by atoms with Crippen molar-refractivity contribution in [3.8, 4) is 0 Å². The summed E-state index contributed by atoms with van der Waals surface area (Å²) in [7, 11) is 0. The number of nitrogens with zero attached hydrogens (tertiary/aromatic N) is 1. The van der Waals surface area contributed by atoms with Crippen LogP contribution in [0.1, 0.15) is 25.6 Å². The van der Waals surface area contributed by atoms with E-state index in [9.17, 15) is 13.6 Å². The Labute approximate surface area is 80.2 Å². The zero-order chi connectivity index (χ0) is 10.7. The van der Waals surface area contributed by atoms with Crippen molar-refractivity contribution in [2.75, 3.05) is 0 Å². The monoisotopic (exact) mass is 200 g/mol. The quantitative estimate of drug-likeness (QED) is 0.787. The molecule has 0 saturated carbocycles. The van der Waals surface area contributed by atoms with Gasteiger partial charge in [-0.25, -0.2) is 8.78 Å². The average Bonchev–Trinajstić information content (AvgIpc) is 2.01. The number of carbonyl (C=O) groups is 1. The second-order valence-electron chi connectivity index (χ2n) is 2.94. The summed E-state index contributed by atoms with van der Waals surface area (Å²) in [6.07, 6.45) is 0.913. The molecule has 0 aliphatic carbocycles. The molecular formula is C9H10F2N2O. The second-order valence-corrected chi connectivity index (χ2v) is 2.94. The number of amides is 1. The number of halogens is 2. The molecule has 14 heavy (non-hydrogen) atoms. The summed E-state index contributed by atoms with van der Waals surface area (Å²) < 4.78 is 25.6. The van der Waals surface area contributed by atoms with E-state index in [1.54, 1.807) is 6.92 Å². The Bertz CT molecular complexity index is 355. The lowest BCUT2D eigenvalue weighted by Crippen LogP contribution is -2.25. The first-order valence-corrected chi connectivity index (χ1v) is 4.08. The molecule has 1 aromatic heterocycles. The van der Waals surface area contributed by atoms with Crippen LogP contribution >= 0.6 is 0 Å². The number of pyridine rings is 1. The van der Waals surface area contributed by atoms with Gasteiger partial charge in [-0.1, -0.05) is 0 Å². The third-order valence-corrected chi connectivity index (χ3v) is 1.67. The van der Waals surface area contributed by atoms with Crippen molar-refractivity contribution in [3.63, 3.8) is 0 Å². The molecule has 0 aliphatic rings. The minimum Gasteiger partial charge on any atom is -0.348 e. The van der Waals surface area contributed by atoms with Gasteiger partial charge in [-0.15, -0.1) is 0 Å². The first-order valence-electron chi connectivity index (χ1n) is 4.08. The van der Waals surface area contributed by atoms with Gasteiger partial charge < -0.3 is 5.32 Å². The molecule has 1 N–H and O–H groups in total. The van der Waals surface area contributed by atoms with E-state index in [0.29, 0.717) is 0 Å². The molecule has 0 radical (unpaired) electrons. The van der Waals surface area contributed by atoms with E-state index in [1.165, 1.54) is 6.92 Å². The first-order chi connectivity index (χ1) is 6.50. The topological polar surface area (TPSA) is 42.0 Å². The van der Waals surface area contributed by atoms with E-state index < -0.39 is 17.7 Å². The fourth-order valence-corrected chi connectivity index (χ4v) is 1.12. The maximum Gasteiger partial charge on any atom is 0.217 e. The van der Waals surface area contributed by atoms with Gasteiger partial charge in [0, 0.05) is 13.0 Å². The fourth-order valence-electron chi connectivity index (χ4n) is 1.12. The van der Waals surface area contributed by atoms with Crippen LogP contribution in [0.15, 0.2) is 12.3 Å². The minimum absolute atomic E-state index is 0.0293. The van der Waals surface area contributed by atoms with Gasteiger partial charge in [0.15, 0.2) is 0 Å². The Morgan fingerprint density at radius 2 is 2.21 bits per heavy atom. The Balaban J connectivity index is 2.90. The van der Waals surface area contributed by atoms with Crippen molar-refractivity contribution < 1.29 is 13.6 Å². The average molecular weight is 200 g/mol. The summed E-state index contributed by atoms with van der Waals surface area (Å²) in [5, 5.41) is 2.46. The molecule has 76 valence electrons. The maximum absolute atomic E-state index is 13.1. The fraction of sp³-hybridized carbons (Fsp3) is 0.333. The smallest absolute Gasteiger partial charge is 0.217 e. The van der Waals surface area contributed by atoms with Gasteiger partial charge in [0.25, 0.3) is 0 Å². The third kappa shape index (κ3) is 2.48. The Morgan fingerprint density at radius 3 is 2.71 bits per heavy atom. The largest absolute Gasteiger partial charge is 0.348 e. The van der Waals surface area contributed by atoms with E-state index in [2.05, 4.69) is 10.3 Å². The standard InChI is InChI=1S/C9H10F2N2O/c1-5(13-6(2)14)9-8(11)3-7(10)4-12-9/h3-5H,1-2H3,(H,13,14)/t5-/m0/s1. The molecule has 0 fully saturated rings. The molecular weight excluding hydrogens is 190 g/mol. The van der Waals surface area contributed by atoms with Gasteiger partial charge in [0.05, 0.1) is 17.9 Å². The molecule has 0 aliphatic heterocycles. The van der Waals surface area contributed by atoms with Crippen molar-refractivity contribution in [2.24, 2.45) is 0 Å². The van der Waals surface area contributed by atoms with Gasteiger partial charge >= 0.3 is 0 Å². The SMILES string of the molecule is CC(=O)N[C@@H](C)c1ncc(F)cc1F. The Morgan fingerprint density at radius 1 is 1.57 bits per heavy atom. The summed E-state index contributed by atoms with van der Waals surface area (Å²) >= 11 is 0. The van der Waals surface area contributed by atoms with Crippen molar-refractivity contribution in [2.45, 2.75) is 19.9 Å². The molecule has 1 rings (SSSR count). The normalized spacial score (nSPS) is 12.3. The molecule has 0 spiro atoms. The van der Waals surface area contributed by atoms with Gasteiger partial charge in [-0.05, 0) is 6.92 Å². The van der Waals surface area contributed by atoms with Crippen LogP contribution in [-0.4, -0.2) is 10.9 Å². The van der Waals surface area contributed by atoms with Crippen molar-refractivity contribution in [1.82, 2.24) is 10.3 Å². The van der Waals surface area contributed by atoms with Gasteiger partial charge in [0.1, 0.15) is 11.6 Å². The predicted octanol–water partition coefficient (Wildman–Crippen LogP) is 1.56. The molecule has 1 amide bonds. The summed E-state index contributed by atoms with van der Waals surface area (Å²) in [6, 6.07) is 0.175. The lowest BCUT2D eigenvalue weighted by atomic mass is 10.2. The van der Waals surface area contributed by atoms with Crippen LogP contribution in [0.3, 0.4) is 0 Å². The van der Waals surface area contributed by atoms with Crippen LogP contribution in [0.5, 0.6) is 0 Å². The number of hydrogen-bond donors (Lipinski definition) is 1. The summed E-state index contributed by atoms with van der Waals surface area (Å²) in [6.45, 7) is 2.89. The highest BCUT2D eigenvalue weighted by Gasteiger charge is 2.13. The van der Waals surface area contributed by atoms with Crippen LogP contribution in [0.2, 0.25) is 0 Å². The molecule has 5 heteroatoms. The number of nitrogens with one attached hydrogen (secondary N) is 1. The van der Waals surface area contributed by atoms with E-state index >= 15 is 0 Å².